The Morgan fingerprint density at radius 3 is 2.56 bits per heavy atom. The Morgan fingerprint density at radius 2 is 2.00 bits per heavy atom. The first-order chi connectivity index (χ1) is 11.7. The highest BCUT2D eigenvalue weighted by Crippen LogP contribution is 2.40. The first kappa shape index (κ1) is 19.6. The maximum atomic E-state index is 14.6. The zero-order valence-electron chi connectivity index (χ0n) is 15.0. The van der Waals surface area contributed by atoms with Crippen molar-refractivity contribution >= 4 is 0 Å². The fourth-order valence-electron chi connectivity index (χ4n) is 3.20. The molecule has 7 heteroatoms. The molecule has 0 amide bonds. The highest BCUT2D eigenvalue weighted by atomic mass is 19.4. The molecule has 140 valence electrons. The van der Waals surface area contributed by atoms with E-state index in [-0.39, 0.29) is 11.6 Å². The summed E-state index contributed by atoms with van der Waals surface area (Å²) in [6.07, 6.45) is 3.36. The van der Waals surface area contributed by atoms with Crippen LogP contribution in [0, 0.1) is 5.92 Å². The van der Waals surface area contributed by atoms with Gasteiger partial charge in [0.15, 0.2) is 0 Å². The fourth-order valence-corrected chi connectivity index (χ4v) is 3.20. The van der Waals surface area contributed by atoms with Crippen LogP contribution in [-0.2, 0) is 0 Å². The molecule has 1 aliphatic carbocycles. The third-order valence-electron chi connectivity index (χ3n) is 4.59. The van der Waals surface area contributed by atoms with Gasteiger partial charge >= 0.3 is 6.18 Å². The molecule has 0 aromatic rings. The number of nitrogens with one attached hydrogen (secondary N) is 1. The lowest BCUT2D eigenvalue weighted by Crippen LogP contribution is -2.46. The third-order valence-corrected chi connectivity index (χ3v) is 4.59. The van der Waals surface area contributed by atoms with Gasteiger partial charge in [-0.3, -0.25) is 5.01 Å². The maximum Gasteiger partial charge on any atom is 0.409 e. The lowest BCUT2D eigenvalue weighted by atomic mass is 10.0. The van der Waals surface area contributed by atoms with Gasteiger partial charge in [-0.2, -0.15) is 13.2 Å². The largest absolute Gasteiger partial charge is 0.409 e. The van der Waals surface area contributed by atoms with Crippen molar-refractivity contribution in [2.45, 2.75) is 45.3 Å². The Balaban J connectivity index is 2.47. The number of likely N-dealkylation sites (N-methyl/N-ethyl adjacent to an activating group) is 1. The number of allylic oxidation sites excluding steroid dienone is 5. The quantitative estimate of drug-likeness (QED) is 0.721. The number of alkyl halides is 3. The first-order valence-corrected chi connectivity index (χ1v) is 8.46. The predicted octanol–water partition coefficient (Wildman–Crippen LogP) is 4.64. The van der Waals surface area contributed by atoms with Crippen molar-refractivity contribution in [2.75, 3.05) is 14.1 Å². The van der Waals surface area contributed by atoms with Crippen molar-refractivity contribution in [3.8, 4) is 0 Å². The number of hydrazine groups is 1. The van der Waals surface area contributed by atoms with Gasteiger partial charge in [0.25, 0.3) is 0 Å². The Morgan fingerprint density at radius 1 is 1.32 bits per heavy atom. The molecule has 1 heterocycles. The summed E-state index contributed by atoms with van der Waals surface area (Å²) in [6.45, 7) is 3.86. The van der Waals surface area contributed by atoms with Crippen LogP contribution in [0.25, 0.3) is 0 Å². The molecule has 3 nitrogen and oxygen atoms in total. The summed E-state index contributed by atoms with van der Waals surface area (Å²) < 4.78 is 54.9. The van der Waals surface area contributed by atoms with Crippen molar-refractivity contribution in [3.05, 3.63) is 47.2 Å². The summed E-state index contributed by atoms with van der Waals surface area (Å²) in [7, 11) is 3.08. The monoisotopic (exact) mass is 359 g/mol. The van der Waals surface area contributed by atoms with Gasteiger partial charge in [0.2, 0.25) is 0 Å². The summed E-state index contributed by atoms with van der Waals surface area (Å²) in [5, 5.41) is 5.40. The molecule has 2 rings (SSSR count). The van der Waals surface area contributed by atoms with Crippen molar-refractivity contribution in [2.24, 2.45) is 5.92 Å². The summed E-state index contributed by atoms with van der Waals surface area (Å²) >= 11 is 0. The SMILES string of the molecule is CCCC(C)C1=CC(C(F)(F)F)N(C)N1C1=CC=C(NC)CC=C1F. The van der Waals surface area contributed by atoms with Gasteiger partial charge in [-0.15, -0.1) is 0 Å². The second-order valence-corrected chi connectivity index (χ2v) is 6.40. The van der Waals surface area contributed by atoms with Gasteiger partial charge in [0.1, 0.15) is 11.9 Å². The zero-order chi connectivity index (χ0) is 18.8. The van der Waals surface area contributed by atoms with E-state index in [2.05, 4.69) is 5.32 Å². The van der Waals surface area contributed by atoms with Crippen molar-refractivity contribution in [1.29, 1.82) is 0 Å². The van der Waals surface area contributed by atoms with Gasteiger partial charge in [0.05, 0.1) is 5.70 Å². The van der Waals surface area contributed by atoms with Gasteiger partial charge in [-0.25, -0.2) is 9.40 Å². The van der Waals surface area contributed by atoms with Crippen LogP contribution in [0.3, 0.4) is 0 Å². The van der Waals surface area contributed by atoms with E-state index in [0.717, 1.165) is 23.5 Å². The van der Waals surface area contributed by atoms with Gasteiger partial charge in [-0.05, 0) is 36.6 Å². The second kappa shape index (κ2) is 7.64. The molecule has 0 aromatic heterocycles. The minimum atomic E-state index is -4.42. The molecular weight excluding hydrogens is 334 g/mol. The number of nitrogens with zero attached hydrogens (tertiary/aromatic N) is 2. The van der Waals surface area contributed by atoms with Gasteiger partial charge in [0, 0.05) is 31.9 Å². The Labute approximate surface area is 146 Å². The van der Waals surface area contributed by atoms with Crippen LogP contribution < -0.4 is 5.32 Å². The highest BCUT2D eigenvalue weighted by Gasteiger charge is 2.48. The second-order valence-electron chi connectivity index (χ2n) is 6.40. The fraction of sp³-hybridized carbons (Fsp3) is 0.556. The molecule has 1 N–H and O–H groups in total. The average Bonchev–Trinajstić information content (AvgIpc) is 2.77. The number of halogens is 4. The molecule has 0 saturated heterocycles. The molecule has 0 bridgehead atoms. The van der Waals surface area contributed by atoms with E-state index in [9.17, 15) is 17.6 Å². The normalized spacial score (nSPS) is 23.5. The summed E-state index contributed by atoms with van der Waals surface area (Å²) in [5.74, 6) is -0.629. The molecule has 2 atom stereocenters. The number of rotatable bonds is 5. The van der Waals surface area contributed by atoms with Gasteiger partial charge in [-0.1, -0.05) is 20.3 Å². The molecule has 0 spiro atoms. The Kier molecular flexibility index (Phi) is 5.98. The van der Waals surface area contributed by atoms with E-state index in [4.69, 9.17) is 0 Å². The van der Waals surface area contributed by atoms with E-state index < -0.39 is 18.0 Å². The van der Waals surface area contributed by atoms with E-state index in [0.29, 0.717) is 12.1 Å². The molecule has 25 heavy (non-hydrogen) atoms. The van der Waals surface area contributed by atoms with Crippen molar-refractivity contribution in [1.82, 2.24) is 15.3 Å². The maximum absolute atomic E-state index is 14.6. The van der Waals surface area contributed by atoms with E-state index in [1.807, 2.05) is 13.8 Å². The van der Waals surface area contributed by atoms with Crippen LogP contribution in [0.15, 0.2) is 47.2 Å². The standard InChI is InChI=1S/C18H25F4N3/c1-5-6-12(2)16-11-17(18(20,21)22)24(4)25(16)15-10-8-13(23-3)7-9-14(15)19/h8-12,17,23H,5-7H2,1-4H3. The molecule has 2 aliphatic rings. The highest BCUT2D eigenvalue weighted by molar-refractivity contribution is 5.37. The van der Waals surface area contributed by atoms with Crippen LogP contribution in [0.1, 0.15) is 33.1 Å². The third kappa shape index (κ3) is 4.08. The molecule has 0 saturated carbocycles. The van der Waals surface area contributed by atoms with Crippen LogP contribution in [0.2, 0.25) is 0 Å². The summed E-state index contributed by atoms with van der Waals surface area (Å²) in [4.78, 5) is 0. The average molecular weight is 359 g/mol. The van der Waals surface area contributed by atoms with Crippen LogP contribution >= 0.6 is 0 Å². The molecule has 0 fully saturated rings. The number of hydrogen-bond donors (Lipinski definition) is 1. The zero-order valence-corrected chi connectivity index (χ0v) is 15.0. The van der Waals surface area contributed by atoms with Crippen molar-refractivity contribution in [3.63, 3.8) is 0 Å². The predicted molar refractivity (Wildman–Crippen MR) is 90.6 cm³/mol. The molecule has 0 aromatic carbocycles. The first-order valence-electron chi connectivity index (χ1n) is 8.46. The van der Waals surface area contributed by atoms with E-state index in [1.54, 1.807) is 13.1 Å². The minimum Gasteiger partial charge on any atom is -0.391 e. The Hall–Kier alpha value is -1.76. The lowest BCUT2D eigenvalue weighted by molar-refractivity contribution is -0.183. The van der Waals surface area contributed by atoms with Crippen LogP contribution in [-0.4, -0.2) is 36.3 Å². The van der Waals surface area contributed by atoms with E-state index in [1.165, 1.54) is 30.3 Å². The summed E-state index contributed by atoms with van der Waals surface area (Å²) in [6, 6.07) is -1.76. The summed E-state index contributed by atoms with van der Waals surface area (Å²) in [5.41, 5.74) is 1.42. The van der Waals surface area contributed by atoms with E-state index >= 15 is 0 Å². The lowest BCUT2D eigenvalue weighted by Gasteiger charge is -2.35. The molecule has 0 radical (unpaired) electrons. The molecule has 1 aliphatic heterocycles. The van der Waals surface area contributed by atoms with Crippen LogP contribution in [0.5, 0.6) is 0 Å². The topological polar surface area (TPSA) is 18.5 Å². The van der Waals surface area contributed by atoms with Gasteiger partial charge < -0.3 is 5.32 Å². The minimum absolute atomic E-state index is 0.107. The number of hydrogen-bond acceptors (Lipinski definition) is 3. The molecular formula is C18H25F4N3. The van der Waals surface area contributed by atoms with Crippen molar-refractivity contribution < 1.29 is 17.6 Å². The van der Waals surface area contributed by atoms with Crippen LogP contribution in [0.4, 0.5) is 17.6 Å². The Bertz CT molecular complexity index is 616. The molecule has 2 unspecified atom stereocenters. The smallest absolute Gasteiger partial charge is 0.391 e.